The summed E-state index contributed by atoms with van der Waals surface area (Å²) in [5.41, 5.74) is 1.17. The monoisotopic (exact) mass is 678 g/mol. The summed E-state index contributed by atoms with van der Waals surface area (Å²) in [7, 11) is 0. The Hall–Kier alpha value is -6.06. The maximum atomic E-state index is 13.7. The van der Waals surface area contributed by atoms with Crippen molar-refractivity contribution >= 4 is 42.1 Å². The average Bonchev–Trinajstić information content (AvgIpc) is 3.10. The lowest BCUT2D eigenvalue weighted by atomic mass is 10.0. The van der Waals surface area contributed by atoms with Crippen molar-refractivity contribution in [3.8, 4) is 11.4 Å². The number of hydrogen-bond donors (Lipinski definition) is 5. The highest BCUT2D eigenvalue weighted by molar-refractivity contribution is 5.97. The molecular formula is C33H38N6O10. The fourth-order valence-corrected chi connectivity index (χ4v) is 4.95. The summed E-state index contributed by atoms with van der Waals surface area (Å²) >= 11 is 0. The number of anilines is 1. The minimum atomic E-state index is -1.19. The Balaban J connectivity index is 0.00000209. The standard InChI is InChI=1S/C32H36N6O8.CH2O2/c1-2-46-32(45)38-17-15-37(16-18-38)31(44)23(13-14-27(39)40)35-30(43)25-19-26(36-29(34-25)22-11-7-4-8-12-22)33-24(20-28(41)42)21-9-5-3-6-10-21;2-1-3/h3-12,19,23-24H,2,13-18,20H2,1H3,(H,35,43)(H,39,40)(H,41,42)(H,33,34,36);1H,(H,2,3)/t23?,24-;/m0./s1. The van der Waals surface area contributed by atoms with Crippen molar-refractivity contribution in [1.29, 1.82) is 0 Å². The molecule has 3 aromatic rings. The first-order valence-corrected chi connectivity index (χ1v) is 15.3. The third-order valence-corrected chi connectivity index (χ3v) is 7.26. The maximum Gasteiger partial charge on any atom is 0.409 e. The Bertz CT molecular complexity index is 1580. The van der Waals surface area contributed by atoms with Crippen LogP contribution in [0, 0.1) is 0 Å². The molecule has 1 saturated heterocycles. The van der Waals surface area contributed by atoms with Crippen LogP contribution in [0.15, 0.2) is 66.7 Å². The van der Waals surface area contributed by atoms with Gasteiger partial charge in [-0.1, -0.05) is 60.7 Å². The van der Waals surface area contributed by atoms with Crippen LogP contribution in [0.5, 0.6) is 0 Å². The van der Waals surface area contributed by atoms with Crippen molar-refractivity contribution in [3.05, 3.63) is 78.0 Å². The number of rotatable bonds is 13. The van der Waals surface area contributed by atoms with Crippen molar-refractivity contribution < 1.29 is 48.8 Å². The van der Waals surface area contributed by atoms with Crippen LogP contribution in [-0.4, -0.2) is 110 Å². The Morgan fingerprint density at radius 3 is 2.06 bits per heavy atom. The van der Waals surface area contributed by atoms with Crippen molar-refractivity contribution in [1.82, 2.24) is 25.1 Å². The maximum absolute atomic E-state index is 13.7. The second-order valence-electron chi connectivity index (χ2n) is 10.6. The van der Waals surface area contributed by atoms with Crippen LogP contribution >= 0.6 is 0 Å². The number of carboxylic acid groups (broad SMARTS) is 3. The van der Waals surface area contributed by atoms with Gasteiger partial charge in [0, 0.05) is 44.2 Å². The lowest BCUT2D eigenvalue weighted by Crippen LogP contribution is -2.56. The molecule has 260 valence electrons. The number of amides is 3. The van der Waals surface area contributed by atoms with Crippen molar-refractivity contribution in [3.63, 3.8) is 0 Å². The van der Waals surface area contributed by atoms with E-state index < -0.39 is 41.9 Å². The predicted octanol–water partition coefficient (Wildman–Crippen LogP) is 2.74. The molecule has 1 unspecified atom stereocenters. The normalized spacial score (nSPS) is 13.5. The second-order valence-corrected chi connectivity index (χ2v) is 10.6. The van der Waals surface area contributed by atoms with Gasteiger partial charge in [0.15, 0.2) is 5.82 Å². The minimum absolute atomic E-state index is 0.112. The van der Waals surface area contributed by atoms with Crippen molar-refractivity contribution in [2.75, 3.05) is 38.1 Å². The average molecular weight is 679 g/mol. The Morgan fingerprint density at radius 2 is 1.49 bits per heavy atom. The highest BCUT2D eigenvalue weighted by Crippen LogP contribution is 2.25. The van der Waals surface area contributed by atoms with Gasteiger partial charge in [0.2, 0.25) is 5.91 Å². The van der Waals surface area contributed by atoms with Gasteiger partial charge < -0.3 is 40.5 Å². The highest BCUT2D eigenvalue weighted by Gasteiger charge is 2.31. The third-order valence-electron chi connectivity index (χ3n) is 7.26. The molecule has 49 heavy (non-hydrogen) atoms. The van der Waals surface area contributed by atoms with E-state index in [9.17, 15) is 34.2 Å². The van der Waals surface area contributed by atoms with Crippen molar-refractivity contribution in [2.24, 2.45) is 0 Å². The quantitative estimate of drug-likeness (QED) is 0.164. The molecule has 1 aliphatic rings. The van der Waals surface area contributed by atoms with Gasteiger partial charge in [0.05, 0.1) is 19.1 Å². The van der Waals surface area contributed by atoms with Crippen LogP contribution in [0.3, 0.4) is 0 Å². The summed E-state index contributed by atoms with van der Waals surface area (Å²) in [6.07, 6.45) is -1.30. The number of nitrogens with zero attached hydrogens (tertiary/aromatic N) is 4. The molecule has 0 radical (unpaired) electrons. The zero-order chi connectivity index (χ0) is 35.8. The van der Waals surface area contributed by atoms with Gasteiger partial charge in [-0.3, -0.25) is 24.0 Å². The minimum Gasteiger partial charge on any atom is -0.483 e. The Labute approximate surface area is 281 Å². The molecule has 0 saturated carbocycles. The van der Waals surface area contributed by atoms with Crippen LogP contribution in [0.1, 0.15) is 48.3 Å². The van der Waals surface area contributed by atoms with Gasteiger partial charge in [0.1, 0.15) is 17.6 Å². The predicted molar refractivity (Wildman–Crippen MR) is 175 cm³/mol. The van der Waals surface area contributed by atoms with E-state index in [4.69, 9.17) is 14.6 Å². The van der Waals surface area contributed by atoms with Gasteiger partial charge in [0.25, 0.3) is 12.4 Å². The van der Waals surface area contributed by atoms with Crippen LogP contribution < -0.4 is 10.6 Å². The molecule has 1 aliphatic heterocycles. The second kappa shape index (κ2) is 18.9. The molecular weight excluding hydrogens is 640 g/mol. The van der Waals surface area contributed by atoms with E-state index in [1.54, 1.807) is 55.5 Å². The van der Waals surface area contributed by atoms with Crippen LogP contribution in [-0.2, 0) is 23.9 Å². The molecule has 4 rings (SSSR count). The molecule has 0 bridgehead atoms. The molecule has 2 aromatic carbocycles. The van der Waals surface area contributed by atoms with E-state index in [0.717, 1.165) is 0 Å². The Morgan fingerprint density at radius 1 is 0.898 bits per heavy atom. The fraction of sp³-hybridized carbons (Fsp3) is 0.333. The molecule has 5 N–H and O–H groups in total. The first-order valence-electron chi connectivity index (χ1n) is 15.3. The molecule has 1 fully saturated rings. The number of benzene rings is 2. The van der Waals surface area contributed by atoms with Gasteiger partial charge in [-0.2, -0.15) is 0 Å². The molecule has 2 heterocycles. The van der Waals surface area contributed by atoms with Gasteiger partial charge in [-0.25, -0.2) is 14.8 Å². The van der Waals surface area contributed by atoms with Crippen molar-refractivity contribution in [2.45, 2.75) is 38.3 Å². The molecule has 1 aromatic heterocycles. The Kier molecular flexibility index (Phi) is 14.4. The number of carbonyl (C=O) groups is 6. The number of hydrogen-bond acceptors (Lipinski definition) is 10. The van der Waals surface area contributed by atoms with Crippen LogP contribution in [0.25, 0.3) is 11.4 Å². The summed E-state index contributed by atoms with van der Waals surface area (Å²) in [6, 6.07) is 17.3. The fourth-order valence-electron chi connectivity index (χ4n) is 4.95. The number of aromatic nitrogens is 2. The molecule has 0 aliphatic carbocycles. The number of piperazine rings is 1. The number of carboxylic acids is 2. The smallest absolute Gasteiger partial charge is 0.409 e. The first-order chi connectivity index (χ1) is 23.6. The SMILES string of the molecule is CCOC(=O)N1CCN(C(=O)C(CCC(=O)O)NC(=O)c2cc(N[C@@H](CC(=O)O)c3ccccc3)nc(-c3ccccc3)n2)CC1.O=CO. The lowest BCUT2D eigenvalue weighted by Gasteiger charge is -2.35. The lowest BCUT2D eigenvalue weighted by molar-refractivity contribution is -0.139. The number of aliphatic carboxylic acids is 2. The summed E-state index contributed by atoms with van der Waals surface area (Å²) in [4.78, 5) is 82.7. The number of nitrogens with one attached hydrogen (secondary N) is 2. The first kappa shape index (κ1) is 37.4. The zero-order valence-electron chi connectivity index (χ0n) is 26.7. The molecule has 2 atom stereocenters. The topological polar surface area (TPSA) is 229 Å². The summed E-state index contributed by atoms with van der Waals surface area (Å²) in [5.74, 6) is -3.05. The van der Waals surface area contributed by atoms with E-state index in [-0.39, 0.29) is 75.9 Å². The summed E-state index contributed by atoms with van der Waals surface area (Å²) < 4.78 is 5.03. The largest absolute Gasteiger partial charge is 0.483 e. The third kappa shape index (κ3) is 11.6. The molecule has 16 nitrogen and oxygen atoms in total. The summed E-state index contributed by atoms with van der Waals surface area (Å²) in [5, 5.41) is 31.6. The zero-order valence-corrected chi connectivity index (χ0v) is 26.7. The van der Waals surface area contributed by atoms with Crippen LogP contribution in [0.4, 0.5) is 10.6 Å². The number of ether oxygens (including phenoxy) is 1. The van der Waals surface area contributed by atoms with Gasteiger partial charge in [-0.05, 0) is 18.9 Å². The van der Waals surface area contributed by atoms with E-state index in [0.29, 0.717) is 11.1 Å². The number of carbonyl (C=O) groups excluding carboxylic acids is 3. The molecule has 3 amide bonds. The van der Waals surface area contributed by atoms with Crippen LogP contribution in [0.2, 0.25) is 0 Å². The molecule has 16 heteroatoms. The molecule has 0 spiro atoms. The van der Waals surface area contributed by atoms with E-state index in [1.165, 1.54) is 15.9 Å². The van der Waals surface area contributed by atoms with E-state index >= 15 is 0 Å². The van der Waals surface area contributed by atoms with Gasteiger partial charge in [-0.15, -0.1) is 0 Å². The highest BCUT2D eigenvalue weighted by atomic mass is 16.6. The summed E-state index contributed by atoms with van der Waals surface area (Å²) in [6.45, 7) is 2.49. The van der Waals surface area contributed by atoms with E-state index in [2.05, 4.69) is 20.6 Å². The van der Waals surface area contributed by atoms with E-state index in [1.807, 2.05) is 12.1 Å². The van der Waals surface area contributed by atoms with Gasteiger partial charge >= 0.3 is 18.0 Å².